The lowest BCUT2D eigenvalue weighted by atomic mass is 10.0. The van der Waals surface area contributed by atoms with E-state index < -0.39 is 16.3 Å². The number of hydrogen-bond acceptors (Lipinski definition) is 4. The van der Waals surface area contributed by atoms with Crippen LogP contribution in [0.4, 0.5) is 0 Å². The summed E-state index contributed by atoms with van der Waals surface area (Å²) in [6.07, 6.45) is 1.98. The van der Waals surface area contributed by atoms with Crippen molar-refractivity contribution in [1.82, 2.24) is 8.61 Å². The summed E-state index contributed by atoms with van der Waals surface area (Å²) >= 11 is 0. The van der Waals surface area contributed by atoms with Crippen molar-refractivity contribution in [3.8, 4) is 6.07 Å². The van der Waals surface area contributed by atoms with Gasteiger partial charge in [0.05, 0.1) is 19.2 Å². The van der Waals surface area contributed by atoms with E-state index in [0.29, 0.717) is 26.1 Å². The summed E-state index contributed by atoms with van der Waals surface area (Å²) in [6, 6.07) is 12.0. The van der Waals surface area contributed by atoms with Crippen LogP contribution in [0.1, 0.15) is 12.0 Å². The predicted molar refractivity (Wildman–Crippen MR) is 86.5 cm³/mol. The standard InChI is InChI=1S/C16H19N3O3S/c17-12-16-13-19(10-11-22-16)23(20,21)18-8-6-15(7-9-18)14-4-2-1-3-5-14/h1-6,16H,7-11,13H2. The Morgan fingerprint density at radius 2 is 1.96 bits per heavy atom. The van der Waals surface area contributed by atoms with Crippen LogP contribution >= 0.6 is 0 Å². The van der Waals surface area contributed by atoms with Crippen LogP contribution in [-0.2, 0) is 14.9 Å². The Morgan fingerprint density at radius 3 is 2.61 bits per heavy atom. The third-order valence-corrected chi connectivity index (χ3v) is 6.11. The van der Waals surface area contributed by atoms with Crippen LogP contribution in [0.25, 0.3) is 5.57 Å². The molecule has 0 aliphatic carbocycles. The number of hydrogen-bond donors (Lipinski definition) is 0. The Labute approximate surface area is 136 Å². The molecule has 6 nitrogen and oxygen atoms in total. The molecule has 0 spiro atoms. The van der Waals surface area contributed by atoms with Crippen molar-refractivity contribution in [2.75, 3.05) is 32.8 Å². The quantitative estimate of drug-likeness (QED) is 0.834. The molecule has 0 radical (unpaired) electrons. The highest BCUT2D eigenvalue weighted by atomic mass is 32.2. The average Bonchev–Trinajstić information content (AvgIpc) is 2.62. The van der Waals surface area contributed by atoms with Gasteiger partial charge in [-0.15, -0.1) is 0 Å². The van der Waals surface area contributed by atoms with Gasteiger partial charge in [0.1, 0.15) is 0 Å². The first-order valence-corrected chi connectivity index (χ1v) is 9.02. The first-order valence-electron chi connectivity index (χ1n) is 7.62. The monoisotopic (exact) mass is 333 g/mol. The molecule has 0 aromatic heterocycles. The van der Waals surface area contributed by atoms with Gasteiger partial charge in [-0.25, -0.2) is 0 Å². The number of morpholine rings is 1. The first kappa shape index (κ1) is 16.1. The minimum absolute atomic E-state index is 0.102. The number of nitrogens with zero attached hydrogens (tertiary/aromatic N) is 3. The third kappa shape index (κ3) is 3.46. The van der Waals surface area contributed by atoms with Gasteiger partial charge in [-0.1, -0.05) is 36.4 Å². The van der Waals surface area contributed by atoms with Crippen molar-refractivity contribution in [3.63, 3.8) is 0 Å². The van der Waals surface area contributed by atoms with E-state index in [9.17, 15) is 8.42 Å². The topological polar surface area (TPSA) is 73.6 Å². The van der Waals surface area contributed by atoms with E-state index in [2.05, 4.69) is 0 Å². The molecule has 1 unspecified atom stereocenters. The van der Waals surface area contributed by atoms with E-state index in [4.69, 9.17) is 10.00 Å². The van der Waals surface area contributed by atoms with Crippen LogP contribution in [-0.4, -0.2) is 55.9 Å². The fraction of sp³-hybridized carbons (Fsp3) is 0.438. The molecule has 122 valence electrons. The summed E-state index contributed by atoms with van der Waals surface area (Å²) in [4.78, 5) is 0. The number of ether oxygens (including phenoxy) is 1. The molecule has 0 amide bonds. The summed E-state index contributed by atoms with van der Waals surface area (Å²) in [6.45, 7) is 1.48. The highest BCUT2D eigenvalue weighted by Crippen LogP contribution is 2.25. The number of rotatable bonds is 3. The smallest absolute Gasteiger partial charge is 0.282 e. The van der Waals surface area contributed by atoms with Crippen LogP contribution in [0.2, 0.25) is 0 Å². The Morgan fingerprint density at radius 1 is 1.17 bits per heavy atom. The molecular formula is C16H19N3O3S. The molecule has 0 N–H and O–H groups in total. The van der Waals surface area contributed by atoms with Crippen molar-refractivity contribution < 1.29 is 13.2 Å². The second-order valence-electron chi connectivity index (χ2n) is 5.56. The van der Waals surface area contributed by atoms with E-state index in [-0.39, 0.29) is 13.2 Å². The van der Waals surface area contributed by atoms with Crippen LogP contribution in [0.3, 0.4) is 0 Å². The molecule has 1 atom stereocenters. The minimum atomic E-state index is -3.54. The Balaban J connectivity index is 1.71. The molecule has 0 saturated carbocycles. The van der Waals surface area contributed by atoms with Crippen LogP contribution in [0.15, 0.2) is 36.4 Å². The zero-order chi connectivity index (χ0) is 16.3. The Bertz CT molecular complexity index is 725. The lowest BCUT2D eigenvalue weighted by Crippen LogP contribution is -2.51. The molecule has 3 rings (SSSR count). The van der Waals surface area contributed by atoms with Crippen molar-refractivity contribution in [3.05, 3.63) is 42.0 Å². The maximum Gasteiger partial charge on any atom is 0.282 e. The highest BCUT2D eigenvalue weighted by Gasteiger charge is 2.34. The van der Waals surface area contributed by atoms with Gasteiger partial charge in [0.25, 0.3) is 10.2 Å². The van der Waals surface area contributed by atoms with Crippen molar-refractivity contribution in [2.24, 2.45) is 0 Å². The molecule has 23 heavy (non-hydrogen) atoms. The van der Waals surface area contributed by atoms with Gasteiger partial charge in [0.2, 0.25) is 0 Å². The van der Waals surface area contributed by atoms with Crippen molar-refractivity contribution in [1.29, 1.82) is 5.26 Å². The summed E-state index contributed by atoms with van der Waals surface area (Å²) < 4.78 is 33.4. The van der Waals surface area contributed by atoms with Crippen LogP contribution in [0, 0.1) is 11.3 Å². The minimum Gasteiger partial charge on any atom is -0.361 e. The molecule has 1 saturated heterocycles. The zero-order valence-electron chi connectivity index (χ0n) is 12.8. The van der Waals surface area contributed by atoms with Crippen LogP contribution < -0.4 is 0 Å². The van der Waals surface area contributed by atoms with Crippen molar-refractivity contribution >= 4 is 15.8 Å². The first-order chi connectivity index (χ1) is 11.1. The summed E-state index contributed by atoms with van der Waals surface area (Å²) in [5, 5.41) is 8.93. The normalized spacial score (nSPS) is 24.0. The second kappa shape index (κ2) is 6.81. The van der Waals surface area contributed by atoms with Crippen molar-refractivity contribution in [2.45, 2.75) is 12.5 Å². The molecule has 1 aromatic rings. The second-order valence-corrected chi connectivity index (χ2v) is 7.49. The van der Waals surface area contributed by atoms with Gasteiger partial charge in [-0.2, -0.15) is 22.3 Å². The lowest BCUT2D eigenvalue weighted by molar-refractivity contribution is 0.0291. The van der Waals surface area contributed by atoms with Gasteiger partial charge in [-0.3, -0.25) is 0 Å². The van der Waals surface area contributed by atoms with Gasteiger partial charge in [0, 0.05) is 19.6 Å². The third-order valence-electron chi connectivity index (χ3n) is 4.14. The molecule has 2 aliphatic heterocycles. The predicted octanol–water partition coefficient (Wildman–Crippen LogP) is 1.24. The molecular weight excluding hydrogens is 314 g/mol. The molecule has 1 aromatic carbocycles. The van der Waals surface area contributed by atoms with Gasteiger partial charge in [-0.05, 0) is 17.6 Å². The summed E-state index contributed by atoms with van der Waals surface area (Å²) in [7, 11) is -3.54. The van der Waals surface area contributed by atoms with E-state index >= 15 is 0 Å². The largest absolute Gasteiger partial charge is 0.361 e. The summed E-state index contributed by atoms with van der Waals surface area (Å²) in [5.41, 5.74) is 2.31. The zero-order valence-corrected chi connectivity index (χ0v) is 13.6. The van der Waals surface area contributed by atoms with E-state index in [1.807, 2.05) is 42.5 Å². The lowest BCUT2D eigenvalue weighted by Gasteiger charge is -2.34. The average molecular weight is 333 g/mol. The maximum atomic E-state index is 12.7. The molecule has 0 bridgehead atoms. The maximum absolute atomic E-state index is 12.7. The fourth-order valence-corrected chi connectivity index (χ4v) is 4.39. The molecule has 2 heterocycles. The van der Waals surface area contributed by atoms with Gasteiger partial charge in [0.15, 0.2) is 6.10 Å². The van der Waals surface area contributed by atoms with E-state index in [0.717, 1.165) is 5.56 Å². The van der Waals surface area contributed by atoms with E-state index in [1.54, 1.807) is 0 Å². The van der Waals surface area contributed by atoms with Gasteiger partial charge >= 0.3 is 0 Å². The Kier molecular flexibility index (Phi) is 4.78. The Hall–Kier alpha value is -1.72. The highest BCUT2D eigenvalue weighted by molar-refractivity contribution is 7.86. The number of benzene rings is 1. The van der Waals surface area contributed by atoms with E-state index in [1.165, 1.54) is 14.2 Å². The van der Waals surface area contributed by atoms with Crippen LogP contribution in [0.5, 0.6) is 0 Å². The summed E-state index contributed by atoms with van der Waals surface area (Å²) in [5.74, 6) is 0. The SMILES string of the molecule is N#CC1CN(S(=O)(=O)N2CC=C(c3ccccc3)CC2)CCO1. The fourth-order valence-electron chi connectivity index (χ4n) is 2.85. The molecule has 7 heteroatoms. The number of nitriles is 1. The molecule has 2 aliphatic rings. The molecule has 1 fully saturated rings. The van der Waals surface area contributed by atoms with Gasteiger partial charge < -0.3 is 4.74 Å².